The molecule has 1 saturated heterocycles. The van der Waals surface area contributed by atoms with Crippen molar-refractivity contribution in [2.45, 2.75) is 46.1 Å². The second-order valence-electron chi connectivity index (χ2n) is 9.50. The summed E-state index contributed by atoms with van der Waals surface area (Å²) in [5.41, 5.74) is 1.56. The highest BCUT2D eigenvalue weighted by Gasteiger charge is 2.31. The monoisotopic (exact) mass is 525 g/mol. The van der Waals surface area contributed by atoms with Crippen LogP contribution < -0.4 is 5.32 Å². The smallest absolute Gasteiger partial charge is 0.409 e. The molecule has 1 fully saturated rings. The number of piperazine rings is 1. The molecule has 0 bridgehead atoms. The molecule has 11 nitrogen and oxygen atoms in total. The highest BCUT2D eigenvalue weighted by molar-refractivity contribution is 5.96. The van der Waals surface area contributed by atoms with Gasteiger partial charge in [0, 0.05) is 43.9 Å². The molecular weight excluding hydrogens is 490 g/mol. The van der Waals surface area contributed by atoms with Crippen LogP contribution in [0.5, 0.6) is 0 Å². The largest absolute Gasteiger partial charge is 0.481 e. The Morgan fingerprint density at radius 3 is 2.29 bits per heavy atom. The molecule has 0 saturated carbocycles. The number of benzene rings is 1. The zero-order valence-corrected chi connectivity index (χ0v) is 22.1. The third-order valence-corrected chi connectivity index (χ3v) is 6.03. The summed E-state index contributed by atoms with van der Waals surface area (Å²) in [6.45, 7) is 7.15. The van der Waals surface area contributed by atoms with Crippen LogP contribution in [0.25, 0.3) is 11.4 Å². The normalized spacial score (nSPS) is 14.2. The van der Waals surface area contributed by atoms with Crippen LogP contribution in [0.4, 0.5) is 4.79 Å². The van der Waals surface area contributed by atoms with Gasteiger partial charge in [0.15, 0.2) is 5.82 Å². The van der Waals surface area contributed by atoms with E-state index in [9.17, 15) is 24.3 Å². The number of aliphatic carboxylic acids is 1. The van der Waals surface area contributed by atoms with Crippen molar-refractivity contribution in [1.82, 2.24) is 25.1 Å². The van der Waals surface area contributed by atoms with Crippen LogP contribution in [0, 0.1) is 5.92 Å². The van der Waals surface area contributed by atoms with E-state index in [0.717, 1.165) is 5.56 Å². The van der Waals surface area contributed by atoms with Crippen molar-refractivity contribution in [1.29, 1.82) is 0 Å². The van der Waals surface area contributed by atoms with Crippen LogP contribution in [0.2, 0.25) is 0 Å². The second-order valence-corrected chi connectivity index (χ2v) is 9.50. The van der Waals surface area contributed by atoms with Gasteiger partial charge in [0.25, 0.3) is 5.91 Å². The first-order valence-corrected chi connectivity index (χ1v) is 12.8. The molecule has 2 N–H and O–H groups in total. The number of carboxylic acid groups (broad SMARTS) is 1. The predicted molar refractivity (Wildman–Crippen MR) is 139 cm³/mol. The van der Waals surface area contributed by atoms with Gasteiger partial charge in [-0.15, -0.1) is 0 Å². The van der Waals surface area contributed by atoms with Gasteiger partial charge in [-0.05, 0) is 31.7 Å². The lowest BCUT2D eigenvalue weighted by Crippen LogP contribution is -2.56. The number of carbonyl (C=O) groups is 4. The standard InChI is InChI=1S/C27H35N5O6/c1-4-38-27(37)32-14-12-31(13-15-32)26(36)21(10-11-23(33)34)30-25(35)22-17-20(16-18(2)3)28-24(29-22)19-8-6-5-7-9-19/h5-9,17-18,21H,4,10-16H2,1-3H3,(H,30,35)(H,33,34). The molecule has 1 aromatic carbocycles. The zero-order chi connectivity index (χ0) is 27.7. The number of nitrogens with one attached hydrogen (secondary N) is 1. The molecule has 2 aromatic rings. The summed E-state index contributed by atoms with van der Waals surface area (Å²) >= 11 is 0. The van der Waals surface area contributed by atoms with Crippen LogP contribution in [0.3, 0.4) is 0 Å². The molecule has 0 radical (unpaired) electrons. The number of nitrogens with zero attached hydrogens (tertiary/aromatic N) is 4. The first-order valence-electron chi connectivity index (χ1n) is 12.8. The molecule has 1 aliphatic rings. The molecule has 204 valence electrons. The van der Waals surface area contributed by atoms with Gasteiger partial charge in [0.05, 0.1) is 6.61 Å². The van der Waals surface area contributed by atoms with Crippen LogP contribution >= 0.6 is 0 Å². The quantitative estimate of drug-likeness (QED) is 0.482. The summed E-state index contributed by atoms with van der Waals surface area (Å²) < 4.78 is 5.02. The molecule has 2 heterocycles. The number of ether oxygens (including phenoxy) is 1. The van der Waals surface area contributed by atoms with E-state index in [-0.39, 0.29) is 51.3 Å². The van der Waals surface area contributed by atoms with Gasteiger partial charge in [-0.2, -0.15) is 0 Å². The van der Waals surface area contributed by atoms with Crippen LogP contribution in [-0.2, 0) is 20.7 Å². The van der Waals surface area contributed by atoms with E-state index in [2.05, 4.69) is 15.3 Å². The number of rotatable bonds is 10. The minimum absolute atomic E-state index is 0.0759. The lowest BCUT2D eigenvalue weighted by Gasteiger charge is -2.35. The first-order chi connectivity index (χ1) is 18.2. The molecule has 0 spiro atoms. The van der Waals surface area contributed by atoms with Crippen LogP contribution in [0.1, 0.15) is 49.8 Å². The van der Waals surface area contributed by atoms with Crippen LogP contribution in [-0.4, -0.2) is 87.6 Å². The molecule has 3 rings (SSSR count). The Morgan fingerprint density at radius 1 is 1.03 bits per heavy atom. The molecule has 1 atom stereocenters. The van der Waals surface area contributed by atoms with E-state index in [1.807, 2.05) is 44.2 Å². The Morgan fingerprint density at radius 2 is 1.68 bits per heavy atom. The molecule has 0 aliphatic carbocycles. The van der Waals surface area contributed by atoms with Gasteiger partial charge in [-0.25, -0.2) is 14.8 Å². The summed E-state index contributed by atoms with van der Waals surface area (Å²) in [6.07, 6.45) is -0.176. The Kier molecular flexibility index (Phi) is 10.1. The summed E-state index contributed by atoms with van der Waals surface area (Å²) in [5.74, 6) is -1.36. The summed E-state index contributed by atoms with van der Waals surface area (Å²) in [6, 6.07) is 9.85. The Hall–Kier alpha value is -4.02. The topological polar surface area (TPSA) is 142 Å². The molecular formula is C27H35N5O6. The number of carbonyl (C=O) groups excluding carboxylic acids is 3. The third-order valence-electron chi connectivity index (χ3n) is 6.03. The number of aromatic nitrogens is 2. The van der Waals surface area contributed by atoms with Crippen molar-refractivity contribution in [3.63, 3.8) is 0 Å². The molecule has 11 heteroatoms. The van der Waals surface area contributed by atoms with Gasteiger partial charge < -0.3 is 25.0 Å². The van der Waals surface area contributed by atoms with Gasteiger partial charge in [0.1, 0.15) is 11.7 Å². The lowest BCUT2D eigenvalue weighted by atomic mass is 10.1. The van der Waals surface area contributed by atoms with Crippen molar-refractivity contribution in [3.05, 3.63) is 47.8 Å². The lowest BCUT2D eigenvalue weighted by molar-refractivity contribution is -0.138. The molecule has 3 amide bonds. The molecule has 1 unspecified atom stereocenters. The van der Waals surface area contributed by atoms with Gasteiger partial charge >= 0.3 is 12.1 Å². The van der Waals surface area contributed by atoms with Crippen molar-refractivity contribution in [2.24, 2.45) is 5.92 Å². The average Bonchev–Trinajstić information content (AvgIpc) is 2.90. The Bertz CT molecular complexity index is 1130. The summed E-state index contributed by atoms with van der Waals surface area (Å²) in [5, 5.41) is 11.9. The van der Waals surface area contributed by atoms with E-state index in [4.69, 9.17) is 4.74 Å². The molecule has 1 aromatic heterocycles. The highest BCUT2D eigenvalue weighted by Crippen LogP contribution is 2.18. The fourth-order valence-electron chi connectivity index (χ4n) is 4.15. The Balaban J connectivity index is 1.79. The number of hydrogen-bond acceptors (Lipinski definition) is 7. The van der Waals surface area contributed by atoms with Crippen molar-refractivity contribution in [3.8, 4) is 11.4 Å². The first kappa shape index (κ1) is 28.5. The fraction of sp³-hybridized carbons (Fsp3) is 0.481. The third kappa shape index (κ3) is 7.99. The molecule has 38 heavy (non-hydrogen) atoms. The predicted octanol–water partition coefficient (Wildman–Crippen LogP) is 2.61. The number of amides is 3. The summed E-state index contributed by atoms with van der Waals surface area (Å²) in [7, 11) is 0. The minimum Gasteiger partial charge on any atom is -0.481 e. The number of hydrogen-bond donors (Lipinski definition) is 2. The summed E-state index contributed by atoms with van der Waals surface area (Å²) in [4.78, 5) is 62.0. The van der Waals surface area contributed by atoms with Crippen LogP contribution in [0.15, 0.2) is 36.4 Å². The zero-order valence-electron chi connectivity index (χ0n) is 22.1. The van der Waals surface area contributed by atoms with E-state index >= 15 is 0 Å². The highest BCUT2D eigenvalue weighted by atomic mass is 16.6. The van der Waals surface area contributed by atoms with E-state index in [0.29, 0.717) is 23.9 Å². The number of carboxylic acids is 1. The van der Waals surface area contributed by atoms with Gasteiger partial charge in [0.2, 0.25) is 5.91 Å². The van der Waals surface area contributed by atoms with Gasteiger partial charge in [-0.1, -0.05) is 44.2 Å². The van der Waals surface area contributed by atoms with E-state index in [1.165, 1.54) is 9.80 Å². The van der Waals surface area contributed by atoms with Crippen molar-refractivity contribution >= 4 is 23.9 Å². The maximum absolute atomic E-state index is 13.3. The van der Waals surface area contributed by atoms with E-state index in [1.54, 1.807) is 13.0 Å². The fourth-order valence-corrected chi connectivity index (χ4v) is 4.15. The Labute approximate surface area is 222 Å². The minimum atomic E-state index is -1.07. The van der Waals surface area contributed by atoms with Crippen molar-refractivity contribution in [2.75, 3.05) is 32.8 Å². The van der Waals surface area contributed by atoms with Crippen molar-refractivity contribution < 1.29 is 29.0 Å². The average molecular weight is 526 g/mol. The maximum Gasteiger partial charge on any atom is 0.409 e. The SMILES string of the molecule is CCOC(=O)N1CCN(C(=O)C(CCC(=O)O)NC(=O)c2cc(CC(C)C)nc(-c3ccccc3)n2)CC1. The second kappa shape index (κ2) is 13.5. The molecule has 1 aliphatic heterocycles. The van der Waals surface area contributed by atoms with Gasteiger partial charge in [-0.3, -0.25) is 14.4 Å². The van der Waals surface area contributed by atoms with E-state index < -0.39 is 29.9 Å². The maximum atomic E-state index is 13.3.